The predicted molar refractivity (Wildman–Crippen MR) is 147 cm³/mol. The lowest BCUT2D eigenvalue weighted by Gasteiger charge is -2.44. The van der Waals surface area contributed by atoms with Gasteiger partial charge < -0.3 is 14.9 Å². The number of rotatable bonds is 15. The highest BCUT2D eigenvalue weighted by Crippen LogP contribution is 2.42. The summed E-state index contributed by atoms with van der Waals surface area (Å²) in [7, 11) is 0. The van der Waals surface area contributed by atoms with Gasteiger partial charge in [0.2, 0.25) is 0 Å². The molecule has 3 rings (SSSR count). The van der Waals surface area contributed by atoms with Gasteiger partial charge in [0, 0.05) is 24.7 Å². The Kier molecular flexibility index (Phi) is 10.7. The normalized spacial score (nSPS) is 21.8. The number of hydrogen-bond acceptors (Lipinski definition) is 5. The van der Waals surface area contributed by atoms with Crippen molar-refractivity contribution in [3.05, 3.63) is 71.8 Å². The molecule has 38 heavy (non-hydrogen) atoms. The summed E-state index contributed by atoms with van der Waals surface area (Å²) in [6, 6.07) is 20.2. The number of aliphatic carboxylic acids is 1. The second-order valence-electron chi connectivity index (χ2n) is 11.2. The van der Waals surface area contributed by atoms with Gasteiger partial charge in [-0.05, 0) is 42.7 Å². The topological polar surface area (TPSA) is 101 Å². The Morgan fingerprint density at radius 3 is 2.24 bits per heavy atom. The second kappa shape index (κ2) is 13.7. The molecule has 6 nitrogen and oxygen atoms in total. The minimum atomic E-state index is -1.63. The molecule has 2 N–H and O–H groups in total. The fourth-order valence-electron chi connectivity index (χ4n) is 5.67. The Labute approximate surface area is 226 Å². The molecule has 1 saturated heterocycles. The smallest absolute Gasteiger partial charge is 0.309 e. The van der Waals surface area contributed by atoms with Gasteiger partial charge in [0.25, 0.3) is 0 Å². The van der Waals surface area contributed by atoms with E-state index in [0.29, 0.717) is 25.2 Å². The van der Waals surface area contributed by atoms with Gasteiger partial charge in [-0.3, -0.25) is 14.4 Å². The van der Waals surface area contributed by atoms with E-state index in [4.69, 9.17) is 4.74 Å². The van der Waals surface area contributed by atoms with Gasteiger partial charge in [-0.1, -0.05) is 87.4 Å². The zero-order valence-electron chi connectivity index (χ0n) is 22.7. The van der Waals surface area contributed by atoms with Crippen LogP contribution in [0.1, 0.15) is 102 Å². The number of benzene rings is 2. The van der Waals surface area contributed by atoms with Crippen molar-refractivity contribution in [2.24, 2.45) is 0 Å². The van der Waals surface area contributed by atoms with Crippen LogP contribution in [0.5, 0.6) is 0 Å². The first-order valence-corrected chi connectivity index (χ1v) is 13.9. The first kappa shape index (κ1) is 29.6. The highest BCUT2D eigenvalue weighted by atomic mass is 16.5. The van der Waals surface area contributed by atoms with E-state index in [9.17, 15) is 24.6 Å². The van der Waals surface area contributed by atoms with Crippen molar-refractivity contribution < 1.29 is 29.3 Å². The van der Waals surface area contributed by atoms with Crippen LogP contribution in [-0.2, 0) is 24.5 Å². The third-order valence-electron chi connectivity index (χ3n) is 8.05. The number of aliphatic hydroxyl groups is 1. The zero-order chi connectivity index (χ0) is 27.6. The summed E-state index contributed by atoms with van der Waals surface area (Å²) in [6.45, 7) is 4.23. The number of ether oxygens (including phenoxy) is 1. The van der Waals surface area contributed by atoms with Gasteiger partial charge >= 0.3 is 11.9 Å². The lowest BCUT2D eigenvalue weighted by Crippen LogP contribution is -2.52. The van der Waals surface area contributed by atoms with Crippen molar-refractivity contribution in [2.45, 2.75) is 108 Å². The summed E-state index contributed by atoms with van der Waals surface area (Å²) in [5.74, 6) is -0.956. The van der Waals surface area contributed by atoms with Crippen LogP contribution >= 0.6 is 0 Å². The number of carboxylic acid groups (broad SMARTS) is 1. The summed E-state index contributed by atoms with van der Waals surface area (Å²) in [4.78, 5) is 36.3. The summed E-state index contributed by atoms with van der Waals surface area (Å²) < 4.78 is 5.72. The Morgan fingerprint density at radius 2 is 1.61 bits per heavy atom. The Bertz CT molecular complexity index is 1050. The minimum Gasteiger partial charge on any atom is -0.481 e. The second-order valence-corrected chi connectivity index (χ2v) is 11.2. The molecule has 1 fully saturated rings. The summed E-state index contributed by atoms with van der Waals surface area (Å²) in [6.07, 6.45) is 4.86. The quantitative estimate of drug-likeness (QED) is 0.209. The molecule has 6 heteroatoms. The standard InChI is InChI=1S/C32H42O6/c1-24(25-14-5-3-6-15-25)13-9-10-18-27(33)19-11-12-20-31(2,26-16-7-4-8-17-26)28-21-32(37,22-29(34)35)23-30(36)38-28/h3-8,14-17,24,28,37H,9-13,18-23H2,1-2H3,(H,34,35). The maximum absolute atomic E-state index is 12.5. The molecule has 0 aliphatic carbocycles. The maximum atomic E-state index is 12.5. The molecule has 2 aromatic rings. The largest absolute Gasteiger partial charge is 0.481 e. The van der Waals surface area contributed by atoms with Crippen LogP contribution in [0.2, 0.25) is 0 Å². The third-order valence-corrected chi connectivity index (χ3v) is 8.05. The van der Waals surface area contributed by atoms with Crippen molar-refractivity contribution >= 4 is 17.7 Å². The van der Waals surface area contributed by atoms with E-state index in [-0.39, 0.29) is 18.6 Å². The van der Waals surface area contributed by atoms with Gasteiger partial charge in [0.15, 0.2) is 0 Å². The van der Waals surface area contributed by atoms with Crippen LogP contribution in [0.25, 0.3) is 0 Å². The molecule has 2 aromatic carbocycles. The first-order chi connectivity index (χ1) is 18.1. The van der Waals surface area contributed by atoms with Crippen LogP contribution in [0, 0.1) is 0 Å². The molecule has 4 atom stereocenters. The average molecular weight is 523 g/mol. The number of cyclic esters (lactones) is 1. The van der Waals surface area contributed by atoms with Crippen LogP contribution in [0.15, 0.2) is 60.7 Å². The van der Waals surface area contributed by atoms with E-state index >= 15 is 0 Å². The number of hydrogen-bond donors (Lipinski definition) is 2. The van der Waals surface area contributed by atoms with Crippen LogP contribution in [-0.4, -0.2) is 39.6 Å². The Balaban J connectivity index is 1.51. The van der Waals surface area contributed by atoms with Gasteiger partial charge in [-0.25, -0.2) is 0 Å². The zero-order valence-corrected chi connectivity index (χ0v) is 22.7. The number of ketones is 1. The first-order valence-electron chi connectivity index (χ1n) is 13.9. The van der Waals surface area contributed by atoms with Crippen LogP contribution < -0.4 is 0 Å². The molecule has 1 heterocycles. The monoisotopic (exact) mass is 522 g/mol. The highest BCUT2D eigenvalue weighted by molar-refractivity contribution is 5.78. The SMILES string of the molecule is CC(CCCCC(=O)CCCCC(C)(c1ccccc1)C1CC(O)(CC(=O)O)CC(=O)O1)c1ccccc1. The molecular formula is C32H42O6. The number of esters is 1. The molecule has 206 valence electrons. The molecule has 1 aliphatic rings. The van der Waals surface area contributed by atoms with E-state index in [1.807, 2.05) is 43.3 Å². The van der Waals surface area contributed by atoms with Gasteiger partial charge in [-0.15, -0.1) is 0 Å². The van der Waals surface area contributed by atoms with Gasteiger partial charge in [0.05, 0.1) is 18.4 Å². The van der Waals surface area contributed by atoms with Crippen molar-refractivity contribution in [1.29, 1.82) is 0 Å². The molecular weight excluding hydrogens is 480 g/mol. The van der Waals surface area contributed by atoms with Crippen molar-refractivity contribution in [1.82, 2.24) is 0 Å². The minimum absolute atomic E-state index is 0.0662. The summed E-state index contributed by atoms with van der Waals surface area (Å²) in [5.41, 5.74) is 0.0672. The number of unbranched alkanes of at least 4 members (excludes halogenated alkanes) is 2. The molecule has 0 amide bonds. The molecule has 0 radical (unpaired) electrons. The number of carbonyl (C=O) groups is 3. The van der Waals surface area contributed by atoms with Crippen LogP contribution in [0.3, 0.4) is 0 Å². The molecule has 0 bridgehead atoms. The number of carbonyl (C=O) groups excluding carboxylic acids is 2. The molecule has 0 saturated carbocycles. The van der Waals surface area contributed by atoms with Crippen molar-refractivity contribution in [3.63, 3.8) is 0 Å². The van der Waals surface area contributed by atoms with Gasteiger partial charge in [-0.2, -0.15) is 0 Å². The van der Waals surface area contributed by atoms with Crippen molar-refractivity contribution in [2.75, 3.05) is 0 Å². The Hall–Kier alpha value is -2.99. The number of carboxylic acids is 1. The Morgan fingerprint density at radius 1 is 1.00 bits per heavy atom. The average Bonchev–Trinajstić information content (AvgIpc) is 2.88. The molecule has 1 aliphatic heterocycles. The van der Waals surface area contributed by atoms with E-state index in [1.165, 1.54) is 5.56 Å². The fraction of sp³-hybridized carbons (Fsp3) is 0.531. The third kappa shape index (κ3) is 8.52. The molecule has 0 aromatic heterocycles. The summed E-state index contributed by atoms with van der Waals surface area (Å²) >= 11 is 0. The summed E-state index contributed by atoms with van der Waals surface area (Å²) in [5, 5.41) is 20.2. The lowest BCUT2D eigenvalue weighted by molar-refractivity contribution is -0.180. The number of Topliss-reactive ketones (excluding diaryl/α,β-unsaturated/α-hetero) is 1. The van der Waals surface area contributed by atoms with E-state index in [0.717, 1.165) is 37.7 Å². The van der Waals surface area contributed by atoms with E-state index < -0.39 is 35.5 Å². The lowest BCUT2D eigenvalue weighted by atomic mass is 9.68. The molecule has 0 spiro atoms. The maximum Gasteiger partial charge on any atom is 0.309 e. The molecule has 4 unspecified atom stereocenters. The van der Waals surface area contributed by atoms with E-state index in [2.05, 4.69) is 31.2 Å². The highest BCUT2D eigenvalue weighted by Gasteiger charge is 2.48. The van der Waals surface area contributed by atoms with E-state index in [1.54, 1.807) is 0 Å². The van der Waals surface area contributed by atoms with Crippen molar-refractivity contribution in [3.8, 4) is 0 Å². The van der Waals surface area contributed by atoms with Crippen LogP contribution in [0.4, 0.5) is 0 Å². The fourth-order valence-corrected chi connectivity index (χ4v) is 5.67. The predicted octanol–water partition coefficient (Wildman–Crippen LogP) is 6.35. The van der Waals surface area contributed by atoms with Gasteiger partial charge in [0.1, 0.15) is 11.9 Å².